The van der Waals surface area contributed by atoms with Crippen LogP contribution in [-0.4, -0.2) is 40.8 Å². The van der Waals surface area contributed by atoms with Crippen LogP contribution in [0.1, 0.15) is 37.5 Å². The van der Waals surface area contributed by atoms with E-state index in [0.29, 0.717) is 18.7 Å². The first kappa shape index (κ1) is 17.0. The van der Waals surface area contributed by atoms with Gasteiger partial charge in [-0.3, -0.25) is 4.90 Å². The minimum Gasteiger partial charge on any atom is -0.497 e. The van der Waals surface area contributed by atoms with Gasteiger partial charge in [-0.15, -0.1) is 11.3 Å². The molecule has 0 unspecified atom stereocenters. The summed E-state index contributed by atoms with van der Waals surface area (Å²) in [6.07, 6.45) is 6.73. The normalized spacial score (nSPS) is 28.6. The van der Waals surface area contributed by atoms with Crippen LogP contribution >= 0.6 is 11.3 Å². The Morgan fingerprint density at radius 2 is 2.28 bits per heavy atom. The van der Waals surface area contributed by atoms with Gasteiger partial charge in [0.15, 0.2) is 0 Å². The number of thiazole rings is 1. The van der Waals surface area contributed by atoms with E-state index in [1.807, 2.05) is 24.4 Å². The van der Waals surface area contributed by atoms with Crippen molar-refractivity contribution in [3.05, 3.63) is 35.3 Å². The molecule has 2 aliphatic heterocycles. The molecule has 1 aromatic carbocycles. The molecule has 0 radical (unpaired) electrons. The van der Waals surface area contributed by atoms with Crippen LogP contribution in [0.3, 0.4) is 0 Å². The average molecular weight is 359 g/mol. The summed E-state index contributed by atoms with van der Waals surface area (Å²) in [5, 5.41) is 11.0. The van der Waals surface area contributed by atoms with E-state index in [1.54, 1.807) is 18.4 Å². The molecule has 4 rings (SSSR count). The maximum atomic E-state index is 9.98. The van der Waals surface area contributed by atoms with Crippen molar-refractivity contribution in [3.8, 4) is 16.3 Å². The summed E-state index contributed by atoms with van der Waals surface area (Å²) in [7, 11) is 1.69. The van der Waals surface area contributed by atoms with E-state index in [1.165, 1.54) is 17.7 Å². The summed E-state index contributed by atoms with van der Waals surface area (Å²) >= 11 is 1.77. The lowest BCUT2D eigenvalue weighted by Crippen LogP contribution is -2.39. The van der Waals surface area contributed by atoms with E-state index < -0.39 is 0 Å². The van der Waals surface area contributed by atoms with E-state index in [4.69, 9.17) is 4.74 Å². The molecule has 2 aliphatic rings. The van der Waals surface area contributed by atoms with Gasteiger partial charge in [-0.25, -0.2) is 4.98 Å². The average Bonchev–Trinajstić information content (AvgIpc) is 3.36. The molecule has 2 saturated heterocycles. The summed E-state index contributed by atoms with van der Waals surface area (Å²) in [6.45, 7) is 3.50. The van der Waals surface area contributed by atoms with Crippen molar-refractivity contribution in [1.29, 1.82) is 0 Å². The number of nitrogens with zero attached hydrogens (tertiary/aromatic N) is 2. The van der Waals surface area contributed by atoms with Crippen molar-refractivity contribution in [3.63, 3.8) is 0 Å². The van der Waals surface area contributed by atoms with Crippen LogP contribution in [0, 0.1) is 5.41 Å². The Bertz CT molecular complexity index is 741. The number of hydrogen-bond donors (Lipinski definition) is 1. The molecule has 5 heteroatoms. The Labute approximate surface area is 153 Å². The fourth-order valence-electron chi connectivity index (χ4n) is 4.77. The highest BCUT2D eigenvalue weighted by atomic mass is 32.1. The molecule has 25 heavy (non-hydrogen) atoms. The van der Waals surface area contributed by atoms with Crippen molar-refractivity contribution in [2.24, 2.45) is 5.41 Å². The van der Waals surface area contributed by atoms with E-state index in [2.05, 4.69) is 22.9 Å². The molecule has 3 atom stereocenters. The quantitative estimate of drug-likeness (QED) is 0.849. The summed E-state index contributed by atoms with van der Waals surface area (Å²) in [5.74, 6) is 0.863. The van der Waals surface area contributed by atoms with Crippen LogP contribution in [-0.2, 0) is 6.54 Å². The molecule has 2 aromatic rings. The van der Waals surface area contributed by atoms with Gasteiger partial charge in [0, 0.05) is 40.7 Å². The third-order valence-corrected chi connectivity index (χ3v) is 7.25. The number of fused-ring (bicyclic) bond motifs is 2. The van der Waals surface area contributed by atoms with E-state index >= 15 is 0 Å². The number of aromatic nitrogens is 1. The maximum Gasteiger partial charge on any atom is 0.123 e. The van der Waals surface area contributed by atoms with Crippen molar-refractivity contribution >= 4 is 11.3 Å². The van der Waals surface area contributed by atoms with Gasteiger partial charge in [0.1, 0.15) is 10.8 Å². The SMILES string of the molecule is CC[C@]1(CO)C[C@H]2CC[C@@H]1N2Cc1cnc(-c2cccc(OC)c2)s1. The highest BCUT2D eigenvalue weighted by molar-refractivity contribution is 7.15. The number of aliphatic hydroxyl groups excluding tert-OH is 1. The fraction of sp³-hybridized carbons (Fsp3) is 0.550. The standard InChI is InChI=1S/C20H26N2O2S/c1-3-20(13-23)10-15-7-8-18(20)22(15)12-17-11-21-19(25-17)14-5-4-6-16(9-14)24-2/h4-6,9,11,15,18,23H,3,7-8,10,12-13H2,1-2H3/t15-,18+,20-/m1/s1. The molecule has 0 saturated carbocycles. The largest absolute Gasteiger partial charge is 0.497 e. The first-order valence-electron chi connectivity index (χ1n) is 9.15. The van der Waals surface area contributed by atoms with Gasteiger partial charge in [-0.2, -0.15) is 0 Å². The summed E-state index contributed by atoms with van der Waals surface area (Å²) in [4.78, 5) is 8.57. The number of benzene rings is 1. The second-order valence-electron chi connectivity index (χ2n) is 7.36. The molecule has 3 heterocycles. The molecule has 2 bridgehead atoms. The minimum absolute atomic E-state index is 0.114. The van der Waals surface area contributed by atoms with Gasteiger partial charge in [0.25, 0.3) is 0 Å². The summed E-state index contributed by atoms with van der Waals surface area (Å²) in [5.41, 5.74) is 1.22. The Morgan fingerprint density at radius 1 is 1.40 bits per heavy atom. The Hall–Kier alpha value is -1.43. The predicted molar refractivity (Wildman–Crippen MR) is 101 cm³/mol. The maximum absolute atomic E-state index is 9.98. The third kappa shape index (κ3) is 2.88. The molecular weight excluding hydrogens is 332 g/mol. The zero-order valence-corrected chi connectivity index (χ0v) is 15.8. The van der Waals surface area contributed by atoms with Gasteiger partial charge in [-0.1, -0.05) is 19.1 Å². The predicted octanol–water partition coefficient (Wildman–Crippen LogP) is 3.94. The summed E-state index contributed by atoms with van der Waals surface area (Å²) < 4.78 is 5.32. The van der Waals surface area contributed by atoms with Crippen molar-refractivity contribution in [2.45, 2.75) is 51.2 Å². The van der Waals surface area contributed by atoms with Gasteiger partial charge in [0.05, 0.1) is 13.7 Å². The Kier molecular flexibility index (Phi) is 4.56. The molecule has 0 amide bonds. The van der Waals surface area contributed by atoms with Gasteiger partial charge in [0.2, 0.25) is 0 Å². The van der Waals surface area contributed by atoms with Crippen LogP contribution in [0.25, 0.3) is 10.6 Å². The molecule has 134 valence electrons. The van der Waals surface area contributed by atoms with Crippen LogP contribution in [0.5, 0.6) is 5.75 Å². The van der Waals surface area contributed by atoms with Crippen molar-refractivity contribution < 1.29 is 9.84 Å². The van der Waals surface area contributed by atoms with Gasteiger partial charge >= 0.3 is 0 Å². The van der Waals surface area contributed by atoms with E-state index in [0.717, 1.165) is 35.7 Å². The Morgan fingerprint density at radius 3 is 3.00 bits per heavy atom. The second kappa shape index (κ2) is 6.71. The molecular formula is C20H26N2O2S. The topological polar surface area (TPSA) is 45.6 Å². The van der Waals surface area contributed by atoms with Crippen LogP contribution in [0.4, 0.5) is 0 Å². The number of methoxy groups -OCH3 is 1. The number of aliphatic hydroxyl groups is 1. The van der Waals surface area contributed by atoms with Crippen molar-refractivity contribution in [1.82, 2.24) is 9.88 Å². The number of ether oxygens (including phenoxy) is 1. The monoisotopic (exact) mass is 358 g/mol. The lowest BCUT2D eigenvalue weighted by Gasteiger charge is -2.35. The highest BCUT2D eigenvalue weighted by Gasteiger charge is 2.54. The first-order valence-corrected chi connectivity index (χ1v) is 9.96. The zero-order valence-electron chi connectivity index (χ0n) is 14.9. The van der Waals surface area contributed by atoms with Crippen LogP contribution in [0.2, 0.25) is 0 Å². The van der Waals surface area contributed by atoms with Crippen molar-refractivity contribution in [2.75, 3.05) is 13.7 Å². The van der Waals surface area contributed by atoms with Crippen LogP contribution in [0.15, 0.2) is 30.5 Å². The minimum atomic E-state index is 0.114. The smallest absolute Gasteiger partial charge is 0.123 e. The molecule has 0 aliphatic carbocycles. The third-order valence-electron chi connectivity index (χ3n) is 6.22. The molecule has 1 aromatic heterocycles. The van der Waals surface area contributed by atoms with Crippen LogP contribution < -0.4 is 4.74 Å². The lowest BCUT2D eigenvalue weighted by atomic mass is 9.72. The number of rotatable bonds is 6. The van der Waals surface area contributed by atoms with Gasteiger partial charge in [-0.05, 0) is 37.8 Å². The molecule has 2 fully saturated rings. The van der Waals surface area contributed by atoms with E-state index in [9.17, 15) is 5.11 Å². The first-order chi connectivity index (χ1) is 12.2. The lowest BCUT2D eigenvalue weighted by molar-refractivity contribution is 0.0716. The van der Waals surface area contributed by atoms with E-state index in [-0.39, 0.29) is 5.41 Å². The number of hydrogen-bond acceptors (Lipinski definition) is 5. The molecule has 4 nitrogen and oxygen atoms in total. The second-order valence-corrected chi connectivity index (χ2v) is 8.48. The Balaban J connectivity index is 1.52. The highest BCUT2D eigenvalue weighted by Crippen LogP contribution is 2.52. The fourth-order valence-corrected chi connectivity index (χ4v) is 5.69. The molecule has 0 spiro atoms. The van der Waals surface area contributed by atoms with Gasteiger partial charge < -0.3 is 9.84 Å². The zero-order chi connectivity index (χ0) is 17.4. The summed E-state index contributed by atoms with van der Waals surface area (Å²) in [6, 6.07) is 9.23. The molecule has 1 N–H and O–H groups in total.